The Kier molecular flexibility index (Phi) is 4.33. The number of aromatic nitrogens is 2. The fourth-order valence-electron chi connectivity index (χ4n) is 1.40. The van der Waals surface area contributed by atoms with Gasteiger partial charge in [-0.3, -0.25) is 4.98 Å². The highest BCUT2D eigenvalue weighted by atomic mass is 35.5. The molecule has 0 aliphatic carbocycles. The van der Waals surface area contributed by atoms with Crippen molar-refractivity contribution in [2.75, 3.05) is 0 Å². The molecule has 78 valence electrons. The molecule has 0 radical (unpaired) electrons. The molecule has 3 heteroatoms. The van der Waals surface area contributed by atoms with Crippen LogP contribution in [0.25, 0.3) is 0 Å². The first kappa shape index (κ1) is 11.4. The number of hydrogen-bond donors (Lipinski definition) is 0. The van der Waals surface area contributed by atoms with Crippen molar-refractivity contribution in [2.24, 2.45) is 0 Å². The van der Waals surface area contributed by atoms with Crippen LogP contribution in [-0.4, -0.2) is 9.97 Å². The lowest BCUT2D eigenvalue weighted by Crippen LogP contribution is -2.00. The van der Waals surface area contributed by atoms with Gasteiger partial charge in [0.2, 0.25) is 0 Å². The lowest BCUT2D eigenvalue weighted by atomic mass is 10.1. The van der Waals surface area contributed by atoms with Crippen molar-refractivity contribution in [1.82, 2.24) is 9.97 Å². The Morgan fingerprint density at radius 2 is 1.79 bits per heavy atom. The summed E-state index contributed by atoms with van der Waals surface area (Å²) in [6, 6.07) is 0. The van der Waals surface area contributed by atoms with Crippen LogP contribution < -0.4 is 0 Å². The summed E-state index contributed by atoms with van der Waals surface area (Å²) < 4.78 is 0. The van der Waals surface area contributed by atoms with E-state index in [1.807, 2.05) is 13.8 Å². The van der Waals surface area contributed by atoms with Gasteiger partial charge in [-0.1, -0.05) is 31.4 Å². The summed E-state index contributed by atoms with van der Waals surface area (Å²) in [4.78, 5) is 8.70. The molecule has 0 N–H and O–H groups in total. The molecular weight excluding hydrogens is 196 g/mol. The van der Waals surface area contributed by atoms with E-state index in [-0.39, 0.29) is 0 Å². The maximum atomic E-state index is 5.87. The number of hydrogen-bond acceptors (Lipinski definition) is 2. The minimum absolute atomic E-state index is 0.529. The summed E-state index contributed by atoms with van der Waals surface area (Å²) in [5, 5.41) is 0.529. The monoisotopic (exact) mass is 212 g/mol. The summed E-state index contributed by atoms with van der Waals surface area (Å²) in [5.41, 5.74) is 2.90. The van der Waals surface area contributed by atoms with Gasteiger partial charge in [-0.15, -0.1) is 0 Å². The van der Waals surface area contributed by atoms with Crippen LogP contribution in [0.2, 0.25) is 5.15 Å². The minimum Gasteiger partial charge on any atom is -0.253 e. The standard InChI is InChI=1S/C11H17ClN2/c1-4-5-6-7-10-8(2)14-11(12)9(3)13-10/h4-7H2,1-3H3. The first-order valence-electron chi connectivity index (χ1n) is 5.14. The number of rotatable bonds is 4. The van der Waals surface area contributed by atoms with Gasteiger partial charge in [0.25, 0.3) is 0 Å². The van der Waals surface area contributed by atoms with E-state index in [1.54, 1.807) is 0 Å². The summed E-state index contributed by atoms with van der Waals surface area (Å²) in [7, 11) is 0. The summed E-state index contributed by atoms with van der Waals surface area (Å²) >= 11 is 5.87. The van der Waals surface area contributed by atoms with E-state index in [0.717, 1.165) is 23.5 Å². The second-order valence-electron chi connectivity index (χ2n) is 3.59. The highest BCUT2D eigenvalue weighted by molar-refractivity contribution is 6.29. The Labute approximate surface area is 90.7 Å². The number of nitrogens with zero attached hydrogens (tertiary/aromatic N) is 2. The molecule has 14 heavy (non-hydrogen) atoms. The van der Waals surface area contributed by atoms with Crippen molar-refractivity contribution in [3.63, 3.8) is 0 Å². The maximum Gasteiger partial charge on any atom is 0.150 e. The number of aryl methyl sites for hydroxylation is 3. The molecule has 1 heterocycles. The van der Waals surface area contributed by atoms with E-state index in [0.29, 0.717) is 5.15 Å². The van der Waals surface area contributed by atoms with Gasteiger partial charge in [-0.25, -0.2) is 4.98 Å². The molecule has 2 nitrogen and oxygen atoms in total. The molecule has 1 aromatic heterocycles. The molecule has 0 bridgehead atoms. The molecule has 1 aromatic rings. The molecule has 0 unspecified atom stereocenters. The maximum absolute atomic E-state index is 5.87. The third kappa shape index (κ3) is 2.95. The molecule has 0 aromatic carbocycles. The molecule has 0 saturated heterocycles. The summed E-state index contributed by atoms with van der Waals surface area (Å²) in [5.74, 6) is 0. The third-order valence-electron chi connectivity index (χ3n) is 2.30. The van der Waals surface area contributed by atoms with Crippen LogP contribution in [0.4, 0.5) is 0 Å². The Balaban J connectivity index is 2.72. The van der Waals surface area contributed by atoms with E-state index < -0.39 is 0 Å². The van der Waals surface area contributed by atoms with E-state index in [1.165, 1.54) is 19.3 Å². The van der Waals surface area contributed by atoms with Gasteiger partial charge in [0.05, 0.1) is 17.1 Å². The fraction of sp³-hybridized carbons (Fsp3) is 0.636. The van der Waals surface area contributed by atoms with Crippen LogP contribution in [-0.2, 0) is 6.42 Å². The molecule has 0 fully saturated rings. The van der Waals surface area contributed by atoms with Crippen molar-refractivity contribution in [3.05, 3.63) is 22.2 Å². The van der Waals surface area contributed by atoms with E-state index in [9.17, 15) is 0 Å². The van der Waals surface area contributed by atoms with Crippen molar-refractivity contribution in [2.45, 2.75) is 46.5 Å². The zero-order valence-electron chi connectivity index (χ0n) is 9.10. The molecule has 0 spiro atoms. The Morgan fingerprint density at radius 1 is 1.07 bits per heavy atom. The van der Waals surface area contributed by atoms with Gasteiger partial charge in [0.1, 0.15) is 0 Å². The Bertz CT molecular complexity index is 310. The summed E-state index contributed by atoms with van der Waals surface area (Å²) in [6.07, 6.45) is 4.69. The Morgan fingerprint density at radius 3 is 2.43 bits per heavy atom. The quantitative estimate of drug-likeness (QED) is 0.715. The van der Waals surface area contributed by atoms with Crippen LogP contribution in [0, 0.1) is 13.8 Å². The van der Waals surface area contributed by atoms with Gasteiger partial charge in [-0.05, 0) is 26.7 Å². The van der Waals surface area contributed by atoms with Crippen LogP contribution in [0.3, 0.4) is 0 Å². The third-order valence-corrected chi connectivity index (χ3v) is 2.66. The van der Waals surface area contributed by atoms with Crippen LogP contribution in [0.1, 0.15) is 43.3 Å². The largest absolute Gasteiger partial charge is 0.253 e. The average molecular weight is 213 g/mol. The molecular formula is C11H17ClN2. The summed E-state index contributed by atoms with van der Waals surface area (Å²) in [6.45, 7) is 6.07. The zero-order chi connectivity index (χ0) is 10.6. The highest BCUT2D eigenvalue weighted by Gasteiger charge is 2.05. The first-order valence-corrected chi connectivity index (χ1v) is 5.52. The van der Waals surface area contributed by atoms with Crippen molar-refractivity contribution < 1.29 is 0 Å². The topological polar surface area (TPSA) is 25.8 Å². The molecule has 1 rings (SSSR count). The number of unbranched alkanes of at least 4 members (excludes halogenated alkanes) is 2. The predicted molar refractivity (Wildman–Crippen MR) is 59.7 cm³/mol. The second-order valence-corrected chi connectivity index (χ2v) is 3.95. The highest BCUT2D eigenvalue weighted by Crippen LogP contribution is 2.14. The lowest BCUT2D eigenvalue weighted by molar-refractivity contribution is 0.699. The number of halogens is 1. The smallest absolute Gasteiger partial charge is 0.150 e. The van der Waals surface area contributed by atoms with E-state index >= 15 is 0 Å². The molecule has 0 saturated carbocycles. The van der Waals surface area contributed by atoms with Gasteiger partial charge in [-0.2, -0.15) is 0 Å². The normalized spacial score (nSPS) is 10.6. The molecule has 0 aliphatic rings. The van der Waals surface area contributed by atoms with Crippen molar-refractivity contribution in [3.8, 4) is 0 Å². The van der Waals surface area contributed by atoms with Crippen molar-refractivity contribution in [1.29, 1.82) is 0 Å². The van der Waals surface area contributed by atoms with Gasteiger partial charge >= 0.3 is 0 Å². The molecule has 0 atom stereocenters. The van der Waals surface area contributed by atoms with E-state index in [2.05, 4.69) is 16.9 Å². The average Bonchev–Trinajstić information content (AvgIpc) is 2.14. The van der Waals surface area contributed by atoms with Gasteiger partial charge < -0.3 is 0 Å². The van der Waals surface area contributed by atoms with Crippen molar-refractivity contribution >= 4 is 11.6 Å². The van der Waals surface area contributed by atoms with Crippen LogP contribution in [0.5, 0.6) is 0 Å². The first-order chi connectivity index (χ1) is 6.65. The zero-order valence-corrected chi connectivity index (χ0v) is 9.86. The predicted octanol–water partition coefficient (Wildman–Crippen LogP) is 3.48. The molecule has 0 aliphatic heterocycles. The lowest BCUT2D eigenvalue weighted by Gasteiger charge is -2.06. The fourth-order valence-corrected chi connectivity index (χ4v) is 1.57. The van der Waals surface area contributed by atoms with E-state index in [4.69, 9.17) is 11.6 Å². The molecule has 0 amide bonds. The second kappa shape index (κ2) is 5.30. The van der Waals surface area contributed by atoms with Gasteiger partial charge in [0, 0.05) is 0 Å². The van der Waals surface area contributed by atoms with Crippen LogP contribution in [0.15, 0.2) is 0 Å². The van der Waals surface area contributed by atoms with Crippen LogP contribution >= 0.6 is 11.6 Å². The minimum atomic E-state index is 0.529. The van der Waals surface area contributed by atoms with Gasteiger partial charge in [0.15, 0.2) is 5.15 Å². The SMILES string of the molecule is CCCCCc1nc(C)c(Cl)nc1C. The Hall–Kier alpha value is -0.630.